The summed E-state index contributed by atoms with van der Waals surface area (Å²) in [4.78, 5) is 21.3. The first-order chi connectivity index (χ1) is 15.8. The minimum absolute atomic E-state index is 0.0685. The van der Waals surface area contributed by atoms with Gasteiger partial charge >= 0.3 is 0 Å². The van der Waals surface area contributed by atoms with Gasteiger partial charge < -0.3 is 14.7 Å². The zero-order valence-corrected chi connectivity index (χ0v) is 23.6. The van der Waals surface area contributed by atoms with Gasteiger partial charge in [-0.05, 0) is 59.8 Å². The van der Waals surface area contributed by atoms with E-state index in [-0.39, 0.29) is 5.91 Å². The predicted octanol–water partition coefficient (Wildman–Crippen LogP) is 8.78. The van der Waals surface area contributed by atoms with Crippen LogP contribution in [0.25, 0.3) is 0 Å². The molecule has 0 aromatic heterocycles. The number of rotatable bonds is 23. The molecular formula is C28H56NO3P. The molecule has 0 saturated carbocycles. The van der Waals surface area contributed by atoms with Crippen LogP contribution in [0, 0.1) is 0 Å². The molecule has 0 heterocycles. The molecule has 0 rings (SSSR count). The monoisotopic (exact) mass is 485 g/mol. The molecule has 1 unspecified atom stereocenters. The zero-order valence-electron chi connectivity index (χ0n) is 22.6. The maximum absolute atomic E-state index is 12.3. The van der Waals surface area contributed by atoms with Crippen molar-refractivity contribution in [3.05, 3.63) is 12.2 Å². The van der Waals surface area contributed by atoms with Gasteiger partial charge in [-0.3, -0.25) is 4.79 Å². The standard InChI is InChI=1S/C28H56NO3P/c1-6-7-8-9-10-11-12-13-14-15-16-17-18-19-20-21-22-23-24-25-26(30)29-27(2,3)28(4,5)32-33-31/h13-14,31,33H,6-12,15-25H2,1-5H3,(H,29,30)/b14-13-. The van der Waals surface area contributed by atoms with E-state index in [0.29, 0.717) is 6.42 Å². The second-order valence-corrected chi connectivity index (χ2v) is 11.0. The Labute approximate surface area is 208 Å². The van der Waals surface area contributed by atoms with Gasteiger partial charge in [0.2, 0.25) is 5.91 Å². The lowest BCUT2D eigenvalue weighted by molar-refractivity contribution is -0.125. The van der Waals surface area contributed by atoms with Gasteiger partial charge in [-0.1, -0.05) is 96.1 Å². The molecule has 0 aliphatic heterocycles. The lowest BCUT2D eigenvalue weighted by Gasteiger charge is -2.41. The topological polar surface area (TPSA) is 58.6 Å². The zero-order chi connectivity index (χ0) is 24.8. The minimum Gasteiger partial charge on any atom is -0.352 e. The lowest BCUT2D eigenvalue weighted by Crippen LogP contribution is -2.58. The maximum atomic E-state index is 12.3. The second-order valence-electron chi connectivity index (χ2n) is 10.6. The van der Waals surface area contributed by atoms with Crippen LogP contribution in [0.2, 0.25) is 0 Å². The van der Waals surface area contributed by atoms with Gasteiger partial charge in [0.25, 0.3) is 0 Å². The molecule has 0 aliphatic rings. The molecule has 0 aromatic rings. The molecule has 196 valence electrons. The summed E-state index contributed by atoms with van der Waals surface area (Å²) in [6, 6.07) is 0. The summed E-state index contributed by atoms with van der Waals surface area (Å²) in [7, 11) is -0.576. The van der Waals surface area contributed by atoms with Gasteiger partial charge in [-0.25, -0.2) is 0 Å². The Balaban J connectivity index is 3.48. The first-order valence-electron chi connectivity index (χ1n) is 13.8. The van der Waals surface area contributed by atoms with Gasteiger partial charge in [0.15, 0.2) is 9.03 Å². The Morgan fingerprint density at radius 1 is 0.758 bits per heavy atom. The molecule has 0 radical (unpaired) electrons. The van der Waals surface area contributed by atoms with E-state index >= 15 is 0 Å². The number of carbonyl (C=O) groups is 1. The van der Waals surface area contributed by atoms with Gasteiger partial charge in [0.1, 0.15) is 0 Å². The molecule has 0 saturated heterocycles. The van der Waals surface area contributed by atoms with Crippen LogP contribution in [0.4, 0.5) is 0 Å². The number of hydrogen-bond acceptors (Lipinski definition) is 3. The molecule has 0 fully saturated rings. The third kappa shape index (κ3) is 18.5. The summed E-state index contributed by atoms with van der Waals surface area (Å²) in [6.07, 6.45) is 27.5. The van der Waals surface area contributed by atoms with Crippen molar-refractivity contribution >= 4 is 14.9 Å². The highest BCUT2D eigenvalue weighted by atomic mass is 31.1. The van der Waals surface area contributed by atoms with Gasteiger partial charge in [0.05, 0.1) is 11.1 Å². The quantitative estimate of drug-likeness (QED) is 0.0863. The van der Waals surface area contributed by atoms with E-state index < -0.39 is 20.2 Å². The van der Waals surface area contributed by atoms with Crippen molar-refractivity contribution in [1.82, 2.24) is 5.32 Å². The van der Waals surface area contributed by atoms with E-state index in [9.17, 15) is 4.79 Å². The van der Waals surface area contributed by atoms with E-state index in [4.69, 9.17) is 9.42 Å². The summed E-state index contributed by atoms with van der Waals surface area (Å²) >= 11 is 0. The van der Waals surface area contributed by atoms with Crippen LogP contribution in [0.5, 0.6) is 0 Å². The molecule has 0 aliphatic carbocycles. The van der Waals surface area contributed by atoms with Crippen molar-refractivity contribution in [3.8, 4) is 0 Å². The lowest BCUT2D eigenvalue weighted by atomic mass is 9.86. The summed E-state index contributed by atoms with van der Waals surface area (Å²) in [5.74, 6) is 0.0685. The van der Waals surface area contributed by atoms with Crippen LogP contribution in [0.3, 0.4) is 0 Å². The van der Waals surface area contributed by atoms with Gasteiger partial charge in [-0.15, -0.1) is 0 Å². The highest BCUT2D eigenvalue weighted by Crippen LogP contribution is 2.30. The Morgan fingerprint density at radius 3 is 1.64 bits per heavy atom. The van der Waals surface area contributed by atoms with Crippen molar-refractivity contribution in [2.24, 2.45) is 0 Å². The number of amides is 1. The van der Waals surface area contributed by atoms with Crippen molar-refractivity contribution < 1.29 is 14.2 Å². The third-order valence-corrected chi connectivity index (χ3v) is 7.53. The fourth-order valence-corrected chi connectivity index (χ4v) is 4.35. The average molecular weight is 486 g/mol. The van der Waals surface area contributed by atoms with E-state index in [1.54, 1.807) is 0 Å². The van der Waals surface area contributed by atoms with E-state index in [1.165, 1.54) is 96.3 Å². The average Bonchev–Trinajstić information content (AvgIpc) is 2.75. The number of carbonyl (C=O) groups excluding carboxylic acids is 1. The van der Waals surface area contributed by atoms with Crippen LogP contribution < -0.4 is 5.32 Å². The van der Waals surface area contributed by atoms with Crippen molar-refractivity contribution in [2.45, 2.75) is 161 Å². The number of allylic oxidation sites excluding steroid dienone is 2. The Morgan fingerprint density at radius 2 is 1.18 bits per heavy atom. The van der Waals surface area contributed by atoms with E-state index in [1.807, 2.05) is 27.7 Å². The molecule has 1 amide bonds. The number of unbranched alkanes of at least 4 members (excludes halogenated alkanes) is 15. The molecular weight excluding hydrogens is 429 g/mol. The van der Waals surface area contributed by atoms with E-state index in [2.05, 4.69) is 24.4 Å². The fourth-order valence-electron chi connectivity index (χ4n) is 3.87. The molecule has 4 nitrogen and oxygen atoms in total. The Kier molecular flexibility index (Phi) is 20.6. The van der Waals surface area contributed by atoms with Crippen molar-refractivity contribution in [1.29, 1.82) is 0 Å². The summed E-state index contributed by atoms with van der Waals surface area (Å²) in [6.45, 7) is 9.95. The third-order valence-electron chi connectivity index (χ3n) is 6.92. The van der Waals surface area contributed by atoms with E-state index in [0.717, 1.165) is 12.8 Å². The SMILES string of the molecule is CCCCCCCC/C=C\CCCCCCCCCCCC(=O)NC(C)(C)C(C)(C)OPO. The highest BCUT2D eigenvalue weighted by molar-refractivity contribution is 7.25. The van der Waals surface area contributed by atoms with Crippen LogP contribution in [0.15, 0.2) is 12.2 Å². The smallest absolute Gasteiger partial charge is 0.220 e. The molecule has 5 heteroatoms. The molecule has 0 aromatic carbocycles. The predicted molar refractivity (Wildman–Crippen MR) is 146 cm³/mol. The number of nitrogens with one attached hydrogen (secondary N) is 1. The van der Waals surface area contributed by atoms with Crippen LogP contribution >= 0.6 is 9.03 Å². The maximum Gasteiger partial charge on any atom is 0.220 e. The molecule has 0 bridgehead atoms. The van der Waals surface area contributed by atoms with Crippen LogP contribution in [-0.4, -0.2) is 21.9 Å². The van der Waals surface area contributed by atoms with Crippen molar-refractivity contribution in [3.63, 3.8) is 0 Å². The normalized spacial score (nSPS) is 12.9. The minimum atomic E-state index is -0.611. The molecule has 0 spiro atoms. The summed E-state index contributed by atoms with van der Waals surface area (Å²) in [5, 5.41) is 3.06. The number of hydrogen-bond donors (Lipinski definition) is 2. The Bertz CT molecular complexity index is 492. The van der Waals surface area contributed by atoms with Gasteiger partial charge in [-0.2, -0.15) is 0 Å². The second kappa shape index (κ2) is 20.9. The van der Waals surface area contributed by atoms with Crippen LogP contribution in [0.1, 0.15) is 150 Å². The first kappa shape index (κ1) is 32.6. The molecule has 33 heavy (non-hydrogen) atoms. The van der Waals surface area contributed by atoms with Gasteiger partial charge in [0, 0.05) is 6.42 Å². The molecule has 2 N–H and O–H groups in total. The highest BCUT2D eigenvalue weighted by Gasteiger charge is 2.39. The Hall–Kier alpha value is -0.440. The largest absolute Gasteiger partial charge is 0.352 e. The molecule has 1 atom stereocenters. The fraction of sp³-hybridized carbons (Fsp3) is 0.893. The first-order valence-corrected chi connectivity index (χ1v) is 14.7. The summed E-state index contributed by atoms with van der Waals surface area (Å²) in [5.41, 5.74) is -1.14. The van der Waals surface area contributed by atoms with Crippen molar-refractivity contribution in [2.75, 3.05) is 0 Å². The van der Waals surface area contributed by atoms with Crippen LogP contribution in [-0.2, 0) is 9.32 Å². The summed E-state index contributed by atoms with van der Waals surface area (Å²) < 4.78 is 5.41.